The van der Waals surface area contributed by atoms with E-state index in [0.29, 0.717) is 25.1 Å². The molecule has 1 aromatic rings. The highest BCUT2D eigenvalue weighted by Crippen LogP contribution is 2.11. The third-order valence-corrected chi connectivity index (χ3v) is 2.28. The number of nitriles is 1. The Balaban J connectivity index is 2.75. The van der Waals surface area contributed by atoms with Gasteiger partial charge in [0, 0.05) is 18.7 Å². The molecule has 0 aliphatic carbocycles. The molecule has 0 aromatic heterocycles. The van der Waals surface area contributed by atoms with E-state index in [9.17, 15) is 4.79 Å². The minimum atomic E-state index is -0.113. The van der Waals surface area contributed by atoms with Crippen molar-refractivity contribution in [3.05, 3.63) is 29.8 Å². The molecular formula is C12H14N2O2. The Bertz CT molecular complexity index is 392. The molecule has 84 valence electrons. The molecule has 0 heterocycles. The summed E-state index contributed by atoms with van der Waals surface area (Å²) in [6.45, 7) is 2.88. The number of aromatic hydroxyl groups is 1. The van der Waals surface area contributed by atoms with Crippen LogP contribution < -0.4 is 0 Å². The number of hydrogen-bond acceptors (Lipinski definition) is 3. The maximum atomic E-state index is 11.9. The van der Waals surface area contributed by atoms with Crippen molar-refractivity contribution in [2.45, 2.75) is 13.3 Å². The number of nitrogens with zero attached hydrogens (tertiary/aromatic N) is 2. The van der Waals surface area contributed by atoms with E-state index in [-0.39, 0.29) is 11.7 Å². The molecule has 0 atom stereocenters. The monoisotopic (exact) mass is 218 g/mol. The topological polar surface area (TPSA) is 64.3 Å². The largest absolute Gasteiger partial charge is 0.508 e. The number of phenolic OH excluding ortho intramolecular Hbond substituents is 1. The maximum Gasteiger partial charge on any atom is 0.253 e. The van der Waals surface area contributed by atoms with Gasteiger partial charge in [-0.1, -0.05) is 0 Å². The molecule has 0 spiro atoms. The van der Waals surface area contributed by atoms with Crippen LogP contribution in [0, 0.1) is 11.3 Å². The summed E-state index contributed by atoms with van der Waals surface area (Å²) in [4.78, 5) is 13.5. The van der Waals surface area contributed by atoms with Crippen LogP contribution in [0.15, 0.2) is 24.3 Å². The number of hydrogen-bond donors (Lipinski definition) is 1. The second-order valence-electron chi connectivity index (χ2n) is 3.34. The van der Waals surface area contributed by atoms with Gasteiger partial charge in [0.05, 0.1) is 12.5 Å². The fraction of sp³-hybridized carbons (Fsp3) is 0.333. The minimum Gasteiger partial charge on any atom is -0.508 e. The normalized spacial score (nSPS) is 9.50. The van der Waals surface area contributed by atoms with Crippen LogP contribution in [-0.2, 0) is 0 Å². The molecule has 16 heavy (non-hydrogen) atoms. The van der Waals surface area contributed by atoms with Gasteiger partial charge in [-0.3, -0.25) is 4.79 Å². The summed E-state index contributed by atoms with van der Waals surface area (Å²) >= 11 is 0. The quantitative estimate of drug-likeness (QED) is 0.837. The molecule has 1 N–H and O–H groups in total. The highest BCUT2D eigenvalue weighted by Gasteiger charge is 2.13. The lowest BCUT2D eigenvalue weighted by Gasteiger charge is -2.19. The van der Waals surface area contributed by atoms with Crippen LogP contribution in [-0.4, -0.2) is 29.0 Å². The van der Waals surface area contributed by atoms with Crippen LogP contribution >= 0.6 is 0 Å². The lowest BCUT2D eigenvalue weighted by molar-refractivity contribution is 0.0768. The number of phenols is 1. The first-order chi connectivity index (χ1) is 7.69. The molecule has 4 heteroatoms. The summed E-state index contributed by atoms with van der Waals surface area (Å²) in [5.74, 6) is 0.0226. The van der Waals surface area contributed by atoms with Gasteiger partial charge >= 0.3 is 0 Å². The van der Waals surface area contributed by atoms with Crippen LogP contribution in [0.4, 0.5) is 0 Å². The number of amides is 1. The Kier molecular flexibility index (Phi) is 4.34. The van der Waals surface area contributed by atoms with Crippen molar-refractivity contribution in [3.63, 3.8) is 0 Å². The van der Waals surface area contributed by atoms with E-state index in [0.717, 1.165) is 0 Å². The lowest BCUT2D eigenvalue weighted by atomic mass is 10.2. The van der Waals surface area contributed by atoms with Crippen LogP contribution in [0.1, 0.15) is 23.7 Å². The highest BCUT2D eigenvalue weighted by atomic mass is 16.3. The molecule has 1 amide bonds. The Hall–Kier alpha value is -2.02. The van der Waals surface area contributed by atoms with Gasteiger partial charge in [-0.25, -0.2) is 0 Å². The summed E-state index contributed by atoms with van der Waals surface area (Å²) in [7, 11) is 0. The zero-order valence-corrected chi connectivity index (χ0v) is 9.18. The van der Waals surface area contributed by atoms with Crippen molar-refractivity contribution in [1.29, 1.82) is 5.26 Å². The highest BCUT2D eigenvalue weighted by molar-refractivity contribution is 5.94. The van der Waals surface area contributed by atoms with Crippen molar-refractivity contribution >= 4 is 5.91 Å². The molecule has 0 saturated heterocycles. The molecule has 0 aliphatic heterocycles. The fourth-order valence-electron chi connectivity index (χ4n) is 1.37. The third kappa shape index (κ3) is 2.99. The number of carbonyl (C=O) groups excluding carboxylic acids is 1. The Morgan fingerprint density at radius 1 is 1.44 bits per heavy atom. The van der Waals surface area contributed by atoms with E-state index >= 15 is 0 Å². The van der Waals surface area contributed by atoms with Crippen LogP contribution in [0.3, 0.4) is 0 Å². The minimum absolute atomic E-state index is 0.113. The first kappa shape index (κ1) is 12.1. The van der Waals surface area contributed by atoms with Gasteiger partial charge in [0.2, 0.25) is 0 Å². The van der Waals surface area contributed by atoms with Gasteiger partial charge in [-0.15, -0.1) is 0 Å². The van der Waals surface area contributed by atoms with Crippen molar-refractivity contribution in [2.24, 2.45) is 0 Å². The summed E-state index contributed by atoms with van der Waals surface area (Å²) in [5, 5.41) is 17.6. The first-order valence-corrected chi connectivity index (χ1v) is 5.14. The lowest BCUT2D eigenvalue weighted by Crippen LogP contribution is -2.31. The van der Waals surface area contributed by atoms with E-state index < -0.39 is 0 Å². The van der Waals surface area contributed by atoms with E-state index in [1.54, 1.807) is 17.0 Å². The average molecular weight is 218 g/mol. The summed E-state index contributed by atoms with van der Waals surface area (Å²) in [6.07, 6.45) is 0.331. The molecule has 1 rings (SSSR count). The Labute approximate surface area is 94.7 Å². The second kappa shape index (κ2) is 5.76. The molecular weight excluding hydrogens is 204 g/mol. The third-order valence-electron chi connectivity index (χ3n) is 2.28. The van der Waals surface area contributed by atoms with Gasteiger partial charge in [-0.2, -0.15) is 5.26 Å². The van der Waals surface area contributed by atoms with Crippen LogP contribution in [0.25, 0.3) is 0 Å². The number of carbonyl (C=O) groups is 1. The smallest absolute Gasteiger partial charge is 0.253 e. The summed E-state index contributed by atoms with van der Waals surface area (Å²) < 4.78 is 0. The fourth-order valence-corrected chi connectivity index (χ4v) is 1.37. The standard InChI is InChI=1S/C12H14N2O2/c1-2-14(9-3-8-13)12(16)10-4-6-11(15)7-5-10/h4-7,15H,2-3,9H2,1H3. The van der Waals surface area contributed by atoms with E-state index in [2.05, 4.69) is 0 Å². The van der Waals surface area contributed by atoms with E-state index in [4.69, 9.17) is 10.4 Å². The van der Waals surface area contributed by atoms with Gasteiger partial charge < -0.3 is 10.0 Å². The molecule has 0 unspecified atom stereocenters. The first-order valence-electron chi connectivity index (χ1n) is 5.14. The predicted octanol–water partition coefficient (Wildman–Crippen LogP) is 1.77. The second-order valence-corrected chi connectivity index (χ2v) is 3.34. The molecule has 0 bridgehead atoms. The predicted molar refractivity (Wildman–Crippen MR) is 59.9 cm³/mol. The zero-order chi connectivity index (χ0) is 12.0. The van der Waals surface area contributed by atoms with Gasteiger partial charge in [0.25, 0.3) is 5.91 Å². The summed E-state index contributed by atoms with van der Waals surface area (Å²) in [5.41, 5.74) is 0.526. The van der Waals surface area contributed by atoms with Crippen molar-refractivity contribution < 1.29 is 9.90 Å². The van der Waals surface area contributed by atoms with Crippen molar-refractivity contribution in [1.82, 2.24) is 4.90 Å². The zero-order valence-electron chi connectivity index (χ0n) is 9.18. The molecule has 0 saturated carbocycles. The van der Waals surface area contributed by atoms with Gasteiger partial charge in [0.15, 0.2) is 0 Å². The van der Waals surface area contributed by atoms with E-state index in [1.807, 2.05) is 13.0 Å². The molecule has 0 radical (unpaired) electrons. The van der Waals surface area contributed by atoms with Crippen molar-refractivity contribution in [3.8, 4) is 11.8 Å². The Morgan fingerprint density at radius 3 is 2.56 bits per heavy atom. The molecule has 0 fully saturated rings. The van der Waals surface area contributed by atoms with Crippen LogP contribution in [0.5, 0.6) is 5.75 Å². The summed E-state index contributed by atoms with van der Waals surface area (Å²) in [6, 6.07) is 8.12. The van der Waals surface area contributed by atoms with E-state index in [1.165, 1.54) is 12.1 Å². The number of rotatable bonds is 4. The van der Waals surface area contributed by atoms with Crippen molar-refractivity contribution in [2.75, 3.05) is 13.1 Å². The molecule has 1 aromatic carbocycles. The van der Waals surface area contributed by atoms with Crippen LogP contribution in [0.2, 0.25) is 0 Å². The van der Waals surface area contributed by atoms with Gasteiger partial charge in [0.1, 0.15) is 5.75 Å². The molecule has 0 aliphatic rings. The Morgan fingerprint density at radius 2 is 2.06 bits per heavy atom. The maximum absolute atomic E-state index is 11.9. The average Bonchev–Trinajstić information content (AvgIpc) is 2.30. The van der Waals surface area contributed by atoms with Gasteiger partial charge in [-0.05, 0) is 31.2 Å². The SMILES string of the molecule is CCN(CCC#N)C(=O)c1ccc(O)cc1. The number of benzene rings is 1. The molecule has 4 nitrogen and oxygen atoms in total.